The summed E-state index contributed by atoms with van der Waals surface area (Å²) < 4.78 is 37.5. The summed E-state index contributed by atoms with van der Waals surface area (Å²) in [7, 11) is 0. The molecule has 56 heavy (non-hydrogen) atoms. The molecular formula is C52H33N3S. The van der Waals surface area contributed by atoms with E-state index in [0.717, 1.165) is 50.5 Å². The van der Waals surface area contributed by atoms with Crippen molar-refractivity contribution >= 4 is 115 Å². The number of thiophene rings is 1. The highest BCUT2D eigenvalue weighted by Crippen LogP contribution is 2.49. The summed E-state index contributed by atoms with van der Waals surface area (Å²) in [4.78, 5) is 4.44. The largest absolute Gasteiger partial charge is 0.310 e. The summed E-state index contributed by atoms with van der Waals surface area (Å²) in [6.07, 6.45) is 0. The molecule has 4 heteroatoms. The van der Waals surface area contributed by atoms with Gasteiger partial charge < -0.3 is 14.2 Å². The highest BCUT2D eigenvalue weighted by atomic mass is 32.1. The van der Waals surface area contributed by atoms with Crippen LogP contribution in [0.3, 0.4) is 0 Å². The van der Waals surface area contributed by atoms with Crippen LogP contribution in [0.5, 0.6) is 0 Å². The Morgan fingerprint density at radius 1 is 0.393 bits per heavy atom. The van der Waals surface area contributed by atoms with E-state index < -0.39 is 0 Å². The van der Waals surface area contributed by atoms with Crippen LogP contribution in [0, 0.1) is 0 Å². The van der Waals surface area contributed by atoms with Gasteiger partial charge in [0.05, 0.1) is 27.7 Å². The van der Waals surface area contributed by atoms with Crippen molar-refractivity contribution in [2.24, 2.45) is 0 Å². The van der Waals surface area contributed by atoms with Gasteiger partial charge in [-0.2, -0.15) is 0 Å². The zero-order valence-corrected chi connectivity index (χ0v) is 30.8. The first-order chi connectivity index (χ1) is 29.4. The first kappa shape index (κ1) is 27.4. The van der Waals surface area contributed by atoms with E-state index in [4.69, 9.17) is 5.48 Å². The Labute approximate surface area is 333 Å². The number of nitrogens with zero attached hydrogens (tertiary/aromatic N) is 3. The highest BCUT2D eigenvalue weighted by Gasteiger charge is 2.24. The van der Waals surface area contributed by atoms with Gasteiger partial charge in [0, 0.05) is 70.2 Å². The van der Waals surface area contributed by atoms with E-state index in [1.807, 2.05) is 97.1 Å². The van der Waals surface area contributed by atoms with Crippen LogP contribution in [-0.4, -0.2) is 4.40 Å². The van der Waals surface area contributed by atoms with Crippen LogP contribution in [0.4, 0.5) is 34.1 Å². The lowest BCUT2D eigenvalue weighted by atomic mass is 9.99. The van der Waals surface area contributed by atoms with Crippen molar-refractivity contribution in [3.8, 4) is 0 Å². The van der Waals surface area contributed by atoms with Gasteiger partial charge in [-0.25, -0.2) is 0 Å². The molecule has 3 heterocycles. The molecule has 0 spiro atoms. The fourth-order valence-corrected chi connectivity index (χ4v) is 10.0. The van der Waals surface area contributed by atoms with Crippen molar-refractivity contribution in [3.63, 3.8) is 0 Å². The number of aromatic nitrogens is 1. The Morgan fingerprint density at radius 2 is 1.00 bits per heavy atom. The molecule has 0 saturated heterocycles. The third-order valence-corrected chi connectivity index (χ3v) is 12.3. The third-order valence-electron chi connectivity index (χ3n) is 11.2. The molecule has 0 N–H and O–H groups in total. The average molecular weight is 736 g/mol. The molecular weight excluding hydrogens is 699 g/mol. The van der Waals surface area contributed by atoms with Gasteiger partial charge in [-0.05, 0) is 102 Å². The van der Waals surface area contributed by atoms with Gasteiger partial charge in [0.15, 0.2) is 0 Å². The number of hydrogen-bond acceptors (Lipinski definition) is 3. The fourth-order valence-electron chi connectivity index (χ4n) is 8.88. The van der Waals surface area contributed by atoms with Crippen molar-refractivity contribution in [3.05, 3.63) is 200 Å². The molecule has 0 fully saturated rings. The van der Waals surface area contributed by atoms with Crippen LogP contribution in [-0.2, 0) is 0 Å². The SMILES string of the molecule is [2H]c1ccc(N(c2ccc([2H])cc2)c2ccc3c(c2)sc2ccc4cc5c6ccc(N(c7ccc([2H])cc7)c7ccc([2H])cc7)c7c8ccccc8n(c5cc4c23)c67)cc1. The molecule has 0 aliphatic carbocycles. The lowest BCUT2D eigenvalue weighted by molar-refractivity contribution is 1.29. The summed E-state index contributed by atoms with van der Waals surface area (Å²) in [5.41, 5.74) is 9.35. The second-order valence-corrected chi connectivity index (χ2v) is 15.3. The Hall–Kier alpha value is -7.14. The molecule has 12 rings (SSSR count). The van der Waals surface area contributed by atoms with Crippen molar-refractivity contribution in [1.29, 1.82) is 0 Å². The summed E-state index contributed by atoms with van der Waals surface area (Å²) >= 11 is 1.80. The van der Waals surface area contributed by atoms with Gasteiger partial charge in [-0.3, -0.25) is 0 Å². The molecule has 0 saturated carbocycles. The molecule has 0 atom stereocenters. The van der Waals surface area contributed by atoms with Crippen LogP contribution in [0.1, 0.15) is 5.48 Å². The second-order valence-electron chi connectivity index (χ2n) is 14.2. The van der Waals surface area contributed by atoms with E-state index in [1.165, 1.54) is 52.6 Å². The van der Waals surface area contributed by atoms with E-state index >= 15 is 0 Å². The smallest absolute Gasteiger partial charge is 0.0641 e. The molecule has 0 aliphatic rings. The predicted octanol–water partition coefficient (Wildman–Crippen LogP) is 15.3. The van der Waals surface area contributed by atoms with Gasteiger partial charge in [0.25, 0.3) is 0 Å². The van der Waals surface area contributed by atoms with Crippen molar-refractivity contribution in [2.75, 3.05) is 9.80 Å². The molecule has 9 aromatic carbocycles. The number of fused-ring (bicyclic) bond motifs is 11. The van der Waals surface area contributed by atoms with Crippen LogP contribution in [0.15, 0.2) is 200 Å². The molecule has 12 aromatic rings. The minimum absolute atomic E-state index is 0.458. The normalized spacial score (nSPS) is 12.9. The molecule has 262 valence electrons. The molecule has 0 bridgehead atoms. The minimum Gasteiger partial charge on any atom is -0.310 e. The van der Waals surface area contributed by atoms with Crippen molar-refractivity contribution < 1.29 is 5.48 Å². The van der Waals surface area contributed by atoms with Crippen LogP contribution < -0.4 is 9.80 Å². The Morgan fingerprint density at radius 3 is 1.66 bits per heavy atom. The van der Waals surface area contributed by atoms with E-state index in [-0.39, 0.29) is 0 Å². The van der Waals surface area contributed by atoms with E-state index in [9.17, 15) is 0 Å². The number of rotatable bonds is 6. The fraction of sp³-hybridized carbons (Fsp3) is 0. The maximum absolute atomic E-state index is 8.21. The van der Waals surface area contributed by atoms with Crippen LogP contribution in [0.25, 0.3) is 69.0 Å². The lowest BCUT2D eigenvalue weighted by Gasteiger charge is -2.26. The first-order valence-electron chi connectivity index (χ1n) is 20.7. The number of anilines is 6. The molecule has 3 nitrogen and oxygen atoms in total. The number of para-hydroxylation sites is 5. The van der Waals surface area contributed by atoms with Gasteiger partial charge in [0.1, 0.15) is 0 Å². The Bertz CT molecular complexity index is 3540. The number of benzene rings is 9. The lowest BCUT2D eigenvalue weighted by Crippen LogP contribution is -2.10. The van der Waals surface area contributed by atoms with E-state index in [2.05, 4.69) is 93.1 Å². The molecule has 0 aliphatic heterocycles. The standard InChI is InChI=1S/C52H33N3S/c1-5-15-35(16-6-1)53(36-17-7-2-8-18-36)39-26-27-42-49(32-39)56-48-30-25-34-31-44-40-28-29-46(54(37-19-9-3-10-20-37)38-21-11-4-12-22-38)51-41-23-13-14-24-45(41)55(52(40)51)47(44)33-43(34)50(42)48/h1-33H/i1D,2D,3D,4D. The highest BCUT2D eigenvalue weighted by molar-refractivity contribution is 7.26. The van der Waals surface area contributed by atoms with Gasteiger partial charge >= 0.3 is 0 Å². The van der Waals surface area contributed by atoms with Gasteiger partial charge in [-0.1, -0.05) is 109 Å². The van der Waals surface area contributed by atoms with Gasteiger partial charge in [-0.15, -0.1) is 11.3 Å². The maximum atomic E-state index is 8.21. The Balaban J connectivity index is 1.09. The zero-order valence-electron chi connectivity index (χ0n) is 34.0. The predicted molar refractivity (Wildman–Crippen MR) is 241 cm³/mol. The van der Waals surface area contributed by atoms with Crippen molar-refractivity contribution in [2.45, 2.75) is 0 Å². The first-order valence-corrected chi connectivity index (χ1v) is 19.6. The molecule has 0 unspecified atom stereocenters. The quantitative estimate of drug-likeness (QED) is 0.168. The topological polar surface area (TPSA) is 10.9 Å². The van der Waals surface area contributed by atoms with Crippen LogP contribution in [0.2, 0.25) is 0 Å². The van der Waals surface area contributed by atoms with Crippen LogP contribution >= 0.6 is 11.3 Å². The monoisotopic (exact) mass is 735 g/mol. The number of hydrogen-bond donors (Lipinski definition) is 0. The summed E-state index contributed by atoms with van der Waals surface area (Å²) in [6, 6.07) is 61.5. The average Bonchev–Trinajstić information content (AvgIpc) is 3.93. The Kier molecular flexibility index (Phi) is 5.97. The maximum Gasteiger partial charge on any atom is 0.0641 e. The summed E-state index contributed by atoms with van der Waals surface area (Å²) in [5.74, 6) is 0. The summed E-state index contributed by atoms with van der Waals surface area (Å²) in [6.45, 7) is 0. The zero-order chi connectivity index (χ0) is 40.2. The molecule has 3 aromatic heterocycles. The minimum atomic E-state index is 0.458. The summed E-state index contributed by atoms with van der Waals surface area (Å²) in [5, 5.41) is 9.59. The molecule has 0 radical (unpaired) electrons. The molecule has 0 amide bonds. The third kappa shape index (κ3) is 4.57. The second kappa shape index (κ2) is 12.2. The van der Waals surface area contributed by atoms with E-state index in [0.29, 0.717) is 24.2 Å². The van der Waals surface area contributed by atoms with E-state index in [1.54, 1.807) is 11.3 Å². The van der Waals surface area contributed by atoms with Gasteiger partial charge in [0.2, 0.25) is 0 Å². The van der Waals surface area contributed by atoms with Crippen molar-refractivity contribution in [1.82, 2.24) is 4.40 Å².